The molecule has 0 saturated heterocycles. The van der Waals surface area contributed by atoms with E-state index in [-0.39, 0.29) is 0 Å². The number of aliphatic imine (C=N–C) groups is 1. The highest BCUT2D eigenvalue weighted by Crippen LogP contribution is 2.05. The van der Waals surface area contributed by atoms with E-state index in [1.807, 2.05) is 19.2 Å². The molecule has 94 valence electrons. The van der Waals surface area contributed by atoms with Crippen LogP contribution in [0.4, 0.5) is 0 Å². The van der Waals surface area contributed by atoms with Gasteiger partial charge in [0, 0.05) is 26.0 Å². The zero-order valence-corrected chi connectivity index (χ0v) is 10.2. The Labute approximate surface area is 101 Å². The van der Waals surface area contributed by atoms with Crippen molar-refractivity contribution in [1.29, 1.82) is 0 Å². The standard InChI is InChI=1S/C11H19N5O/c1-9-3-4-13-7-10(9)8-15-11(16-12)14-5-6-17-2/h3-4,7H,5-6,8,12H2,1-2H3,(H2,14,15,16). The van der Waals surface area contributed by atoms with Gasteiger partial charge >= 0.3 is 0 Å². The highest BCUT2D eigenvalue weighted by atomic mass is 16.5. The fourth-order valence-electron chi connectivity index (χ4n) is 1.25. The third-order valence-electron chi connectivity index (χ3n) is 2.29. The minimum absolute atomic E-state index is 0.541. The molecule has 0 aliphatic carbocycles. The average Bonchev–Trinajstić information content (AvgIpc) is 2.35. The number of pyridine rings is 1. The minimum atomic E-state index is 0.541. The van der Waals surface area contributed by atoms with Crippen molar-refractivity contribution in [2.24, 2.45) is 10.8 Å². The van der Waals surface area contributed by atoms with E-state index in [2.05, 4.69) is 20.7 Å². The summed E-state index contributed by atoms with van der Waals surface area (Å²) >= 11 is 0. The fourth-order valence-corrected chi connectivity index (χ4v) is 1.25. The van der Waals surface area contributed by atoms with Crippen LogP contribution < -0.4 is 16.6 Å². The molecule has 6 heteroatoms. The summed E-state index contributed by atoms with van der Waals surface area (Å²) in [4.78, 5) is 8.38. The van der Waals surface area contributed by atoms with Gasteiger partial charge in [-0.3, -0.25) is 10.4 Å². The van der Waals surface area contributed by atoms with Crippen LogP contribution in [0.1, 0.15) is 11.1 Å². The summed E-state index contributed by atoms with van der Waals surface area (Å²) in [5.41, 5.74) is 4.76. The predicted octanol–water partition coefficient (Wildman–Crippen LogP) is -0.0547. The summed E-state index contributed by atoms with van der Waals surface area (Å²) in [5.74, 6) is 5.90. The van der Waals surface area contributed by atoms with Crippen molar-refractivity contribution in [3.63, 3.8) is 0 Å². The first-order chi connectivity index (χ1) is 8.27. The van der Waals surface area contributed by atoms with Gasteiger partial charge in [0.05, 0.1) is 13.2 Å². The Morgan fingerprint density at radius 1 is 1.59 bits per heavy atom. The topological polar surface area (TPSA) is 84.6 Å². The van der Waals surface area contributed by atoms with Gasteiger partial charge < -0.3 is 10.1 Å². The smallest absolute Gasteiger partial charge is 0.206 e. The van der Waals surface area contributed by atoms with Crippen molar-refractivity contribution in [1.82, 2.24) is 15.7 Å². The van der Waals surface area contributed by atoms with E-state index in [9.17, 15) is 0 Å². The van der Waals surface area contributed by atoms with Crippen molar-refractivity contribution < 1.29 is 4.74 Å². The largest absolute Gasteiger partial charge is 0.383 e. The maximum absolute atomic E-state index is 5.36. The molecule has 0 aliphatic rings. The molecule has 1 rings (SSSR count). The number of aryl methyl sites for hydroxylation is 1. The van der Waals surface area contributed by atoms with Crippen LogP contribution in [0.15, 0.2) is 23.5 Å². The summed E-state index contributed by atoms with van der Waals surface area (Å²) in [6.07, 6.45) is 3.57. The van der Waals surface area contributed by atoms with Crippen LogP contribution >= 0.6 is 0 Å². The molecule has 0 aliphatic heterocycles. The van der Waals surface area contributed by atoms with E-state index in [1.54, 1.807) is 13.3 Å². The second kappa shape index (κ2) is 7.59. The SMILES string of the molecule is COCCNC(=NCc1cnccc1C)NN. The highest BCUT2D eigenvalue weighted by Gasteiger charge is 1.98. The summed E-state index contributed by atoms with van der Waals surface area (Å²) < 4.78 is 4.92. The molecular formula is C11H19N5O. The van der Waals surface area contributed by atoms with E-state index < -0.39 is 0 Å². The highest BCUT2D eigenvalue weighted by molar-refractivity contribution is 5.79. The molecule has 0 aromatic carbocycles. The number of hydrazine groups is 1. The van der Waals surface area contributed by atoms with E-state index in [0.29, 0.717) is 25.7 Å². The minimum Gasteiger partial charge on any atom is -0.383 e. The van der Waals surface area contributed by atoms with Gasteiger partial charge in [-0.05, 0) is 24.1 Å². The first-order valence-corrected chi connectivity index (χ1v) is 5.41. The van der Waals surface area contributed by atoms with Crippen LogP contribution in [0.25, 0.3) is 0 Å². The van der Waals surface area contributed by atoms with E-state index in [4.69, 9.17) is 10.6 Å². The zero-order chi connectivity index (χ0) is 12.5. The molecule has 4 N–H and O–H groups in total. The molecule has 0 spiro atoms. The third kappa shape index (κ3) is 4.80. The molecule has 0 unspecified atom stereocenters. The van der Waals surface area contributed by atoms with Crippen LogP contribution in [-0.4, -0.2) is 31.2 Å². The van der Waals surface area contributed by atoms with Gasteiger partial charge in [-0.25, -0.2) is 10.8 Å². The molecule has 1 aromatic heterocycles. The lowest BCUT2D eigenvalue weighted by atomic mass is 10.2. The Bertz CT molecular complexity index is 367. The molecule has 0 saturated carbocycles. The second-order valence-electron chi connectivity index (χ2n) is 3.53. The number of nitrogens with one attached hydrogen (secondary N) is 2. The number of guanidine groups is 1. The Kier molecular flexibility index (Phi) is 5.98. The number of aromatic nitrogens is 1. The van der Waals surface area contributed by atoms with Gasteiger partial charge in [0.1, 0.15) is 0 Å². The maximum Gasteiger partial charge on any atom is 0.206 e. The predicted molar refractivity (Wildman–Crippen MR) is 67.3 cm³/mol. The summed E-state index contributed by atoms with van der Waals surface area (Å²) in [6.45, 7) is 3.83. The number of nitrogens with two attached hydrogens (primary N) is 1. The summed E-state index contributed by atoms with van der Waals surface area (Å²) in [7, 11) is 1.65. The molecule has 6 nitrogen and oxygen atoms in total. The normalized spacial score (nSPS) is 11.4. The van der Waals surface area contributed by atoms with Gasteiger partial charge in [-0.1, -0.05) is 0 Å². The molecule has 0 fully saturated rings. The molecule has 0 bridgehead atoms. The Morgan fingerprint density at radius 2 is 2.41 bits per heavy atom. The van der Waals surface area contributed by atoms with Gasteiger partial charge in [0.25, 0.3) is 0 Å². The average molecular weight is 237 g/mol. The summed E-state index contributed by atoms with van der Waals surface area (Å²) in [6, 6.07) is 1.96. The van der Waals surface area contributed by atoms with Gasteiger partial charge in [-0.15, -0.1) is 0 Å². The maximum atomic E-state index is 5.36. The number of hydrogen-bond donors (Lipinski definition) is 3. The van der Waals surface area contributed by atoms with Crippen LogP contribution in [0.2, 0.25) is 0 Å². The second-order valence-corrected chi connectivity index (χ2v) is 3.53. The van der Waals surface area contributed by atoms with Crippen LogP contribution in [0, 0.1) is 6.92 Å². The third-order valence-corrected chi connectivity index (χ3v) is 2.29. The Morgan fingerprint density at radius 3 is 3.06 bits per heavy atom. The summed E-state index contributed by atoms with van der Waals surface area (Å²) in [5, 5.41) is 3.03. The Balaban J connectivity index is 2.52. The lowest BCUT2D eigenvalue weighted by molar-refractivity contribution is 0.203. The van der Waals surface area contributed by atoms with Gasteiger partial charge in [0.15, 0.2) is 0 Å². The fraction of sp³-hybridized carbons (Fsp3) is 0.455. The van der Waals surface area contributed by atoms with Crippen molar-refractivity contribution in [3.8, 4) is 0 Å². The number of hydrogen-bond acceptors (Lipinski definition) is 4. The first-order valence-electron chi connectivity index (χ1n) is 5.41. The van der Waals surface area contributed by atoms with Crippen molar-refractivity contribution >= 4 is 5.96 Å². The first kappa shape index (κ1) is 13.4. The molecule has 1 heterocycles. The molecule has 0 radical (unpaired) electrons. The molecule has 0 amide bonds. The van der Waals surface area contributed by atoms with Gasteiger partial charge in [0.2, 0.25) is 5.96 Å². The number of methoxy groups -OCH3 is 1. The number of nitrogens with zero attached hydrogens (tertiary/aromatic N) is 2. The molecule has 17 heavy (non-hydrogen) atoms. The van der Waals surface area contributed by atoms with Crippen LogP contribution in [0.5, 0.6) is 0 Å². The quantitative estimate of drug-likeness (QED) is 0.220. The monoisotopic (exact) mass is 237 g/mol. The molecule has 1 aromatic rings. The van der Waals surface area contributed by atoms with Gasteiger partial charge in [-0.2, -0.15) is 0 Å². The lowest BCUT2D eigenvalue weighted by Crippen LogP contribution is -2.42. The van der Waals surface area contributed by atoms with Crippen LogP contribution in [-0.2, 0) is 11.3 Å². The number of rotatable bonds is 5. The van der Waals surface area contributed by atoms with Crippen LogP contribution in [0.3, 0.4) is 0 Å². The van der Waals surface area contributed by atoms with E-state index in [1.165, 1.54) is 0 Å². The zero-order valence-electron chi connectivity index (χ0n) is 10.2. The van der Waals surface area contributed by atoms with E-state index >= 15 is 0 Å². The number of ether oxygens (including phenoxy) is 1. The van der Waals surface area contributed by atoms with E-state index in [0.717, 1.165) is 11.1 Å². The van der Waals surface area contributed by atoms with Crippen molar-refractivity contribution in [2.75, 3.05) is 20.3 Å². The molecule has 0 atom stereocenters. The molecular weight excluding hydrogens is 218 g/mol. The van der Waals surface area contributed by atoms with Crippen molar-refractivity contribution in [2.45, 2.75) is 13.5 Å². The van der Waals surface area contributed by atoms with Crippen molar-refractivity contribution in [3.05, 3.63) is 29.6 Å². The Hall–Kier alpha value is -1.66. The lowest BCUT2D eigenvalue weighted by Gasteiger charge is -2.09.